The minimum absolute atomic E-state index is 0.0693. The van der Waals surface area contributed by atoms with E-state index in [-0.39, 0.29) is 6.04 Å². The summed E-state index contributed by atoms with van der Waals surface area (Å²) in [4.78, 5) is 0.315. The van der Waals surface area contributed by atoms with E-state index in [1.807, 2.05) is 6.92 Å². The quantitative estimate of drug-likeness (QED) is 0.837. The van der Waals surface area contributed by atoms with E-state index >= 15 is 0 Å². The zero-order chi connectivity index (χ0) is 14.0. The third-order valence-electron chi connectivity index (χ3n) is 3.76. The molecule has 0 spiro atoms. The predicted molar refractivity (Wildman–Crippen MR) is 77.5 cm³/mol. The number of nitrogens with one attached hydrogen (secondary N) is 1. The van der Waals surface area contributed by atoms with Crippen LogP contribution in [0.3, 0.4) is 0 Å². The van der Waals surface area contributed by atoms with Crippen molar-refractivity contribution < 1.29 is 8.42 Å². The largest absolute Gasteiger partial charge is 0.398 e. The average molecular weight is 282 g/mol. The number of hydrogen-bond acceptors (Lipinski definition) is 3. The van der Waals surface area contributed by atoms with Gasteiger partial charge in [0.25, 0.3) is 0 Å². The lowest BCUT2D eigenvalue weighted by atomic mass is 9.96. The standard InChI is InChI=1S/C14H22N2O2S/c1-10-8-13(15)11(2)14(9-10)19(17,18)16-12-6-4-3-5-7-12/h8-9,12,16H,3-7,15H2,1-2H3. The first-order valence-electron chi connectivity index (χ1n) is 6.79. The van der Waals surface area contributed by atoms with E-state index in [4.69, 9.17) is 5.73 Å². The van der Waals surface area contributed by atoms with Gasteiger partial charge in [-0.3, -0.25) is 0 Å². The lowest BCUT2D eigenvalue weighted by molar-refractivity contribution is 0.412. The summed E-state index contributed by atoms with van der Waals surface area (Å²) in [6.07, 6.45) is 5.26. The van der Waals surface area contributed by atoms with Crippen LogP contribution in [0.4, 0.5) is 5.69 Å². The number of nitrogen functional groups attached to an aromatic ring is 1. The highest BCUT2D eigenvalue weighted by molar-refractivity contribution is 7.89. The van der Waals surface area contributed by atoms with Crippen molar-refractivity contribution in [2.75, 3.05) is 5.73 Å². The molecule has 0 heterocycles. The molecule has 1 aliphatic rings. The Morgan fingerprint density at radius 1 is 1.16 bits per heavy atom. The van der Waals surface area contributed by atoms with Gasteiger partial charge in [0.15, 0.2) is 0 Å². The van der Waals surface area contributed by atoms with Gasteiger partial charge >= 0.3 is 0 Å². The topological polar surface area (TPSA) is 72.2 Å². The molecule has 0 aromatic heterocycles. The van der Waals surface area contributed by atoms with Gasteiger partial charge in [0, 0.05) is 11.7 Å². The summed E-state index contributed by atoms with van der Waals surface area (Å²) in [7, 11) is -3.47. The highest BCUT2D eigenvalue weighted by atomic mass is 32.2. The Balaban J connectivity index is 2.28. The first-order chi connectivity index (χ1) is 8.90. The van der Waals surface area contributed by atoms with Crippen molar-refractivity contribution in [3.05, 3.63) is 23.3 Å². The van der Waals surface area contributed by atoms with E-state index in [2.05, 4.69) is 4.72 Å². The van der Waals surface area contributed by atoms with Crippen LogP contribution >= 0.6 is 0 Å². The second-order valence-electron chi connectivity index (χ2n) is 5.43. The summed E-state index contributed by atoms with van der Waals surface area (Å²) >= 11 is 0. The molecule has 1 aliphatic carbocycles. The SMILES string of the molecule is Cc1cc(N)c(C)c(S(=O)(=O)NC2CCCCC2)c1. The fourth-order valence-electron chi connectivity index (χ4n) is 2.63. The second-order valence-corrected chi connectivity index (χ2v) is 7.12. The molecular formula is C14H22N2O2S. The molecular weight excluding hydrogens is 260 g/mol. The Labute approximate surface area is 115 Å². The van der Waals surface area contributed by atoms with Gasteiger partial charge in [-0.05, 0) is 49.9 Å². The maximum atomic E-state index is 12.5. The predicted octanol–water partition coefficient (Wildman–Crippen LogP) is 2.50. The van der Waals surface area contributed by atoms with E-state index in [9.17, 15) is 8.42 Å². The first kappa shape index (κ1) is 14.3. The average Bonchev–Trinajstić information content (AvgIpc) is 2.34. The van der Waals surface area contributed by atoms with Gasteiger partial charge in [-0.2, -0.15) is 0 Å². The fraction of sp³-hybridized carbons (Fsp3) is 0.571. The van der Waals surface area contributed by atoms with Gasteiger partial charge < -0.3 is 5.73 Å². The molecule has 0 aliphatic heterocycles. The molecule has 4 nitrogen and oxygen atoms in total. The molecule has 0 unspecified atom stereocenters. The summed E-state index contributed by atoms with van der Waals surface area (Å²) in [5.74, 6) is 0. The molecule has 1 fully saturated rings. The van der Waals surface area contributed by atoms with E-state index in [0.717, 1.165) is 31.2 Å². The van der Waals surface area contributed by atoms with Gasteiger partial charge in [-0.1, -0.05) is 19.3 Å². The molecule has 0 saturated heterocycles. The van der Waals surface area contributed by atoms with Gasteiger partial charge in [0.05, 0.1) is 4.90 Å². The van der Waals surface area contributed by atoms with Gasteiger partial charge in [0.2, 0.25) is 10.0 Å². The Bertz CT molecular complexity index is 561. The van der Waals surface area contributed by atoms with Crippen molar-refractivity contribution in [2.24, 2.45) is 0 Å². The van der Waals surface area contributed by atoms with E-state index < -0.39 is 10.0 Å². The molecule has 0 radical (unpaired) electrons. The molecule has 1 saturated carbocycles. The van der Waals surface area contributed by atoms with Crippen LogP contribution in [-0.4, -0.2) is 14.5 Å². The molecule has 1 aromatic rings. The summed E-state index contributed by atoms with van der Waals surface area (Å²) in [6, 6.07) is 3.56. The van der Waals surface area contributed by atoms with Crippen LogP contribution in [0.1, 0.15) is 43.2 Å². The van der Waals surface area contributed by atoms with Gasteiger partial charge in [0.1, 0.15) is 0 Å². The molecule has 106 valence electrons. The summed E-state index contributed by atoms with van der Waals surface area (Å²) in [5.41, 5.74) is 7.89. The monoisotopic (exact) mass is 282 g/mol. The normalized spacial score (nSPS) is 17.6. The molecule has 2 rings (SSSR count). The molecule has 0 amide bonds. The number of anilines is 1. The number of hydrogen-bond donors (Lipinski definition) is 2. The van der Waals surface area contributed by atoms with Crippen molar-refractivity contribution in [3.8, 4) is 0 Å². The summed E-state index contributed by atoms with van der Waals surface area (Å²) in [5, 5.41) is 0. The van der Waals surface area contributed by atoms with Crippen molar-refractivity contribution in [2.45, 2.75) is 56.9 Å². The van der Waals surface area contributed by atoms with Crippen molar-refractivity contribution in [1.29, 1.82) is 0 Å². The number of sulfonamides is 1. The molecule has 3 N–H and O–H groups in total. The van der Waals surface area contributed by atoms with Crippen molar-refractivity contribution in [3.63, 3.8) is 0 Å². The lowest BCUT2D eigenvalue weighted by Gasteiger charge is -2.23. The van der Waals surface area contributed by atoms with E-state index in [1.54, 1.807) is 19.1 Å². The zero-order valence-corrected chi connectivity index (χ0v) is 12.4. The maximum Gasteiger partial charge on any atom is 0.241 e. The smallest absolute Gasteiger partial charge is 0.241 e. The van der Waals surface area contributed by atoms with Crippen LogP contribution in [0.5, 0.6) is 0 Å². The third kappa shape index (κ3) is 3.28. The van der Waals surface area contributed by atoms with Gasteiger partial charge in [-0.15, -0.1) is 0 Å². The van der Waals surface area contributed by atoms with Crippen LogP contribution in [0, 0.1) is 13.8 Å². The highest BCUT2D eigenvalue weighted by Crippen LogP contribution is 2.25. The van der Waals surface area contributed by atoms with Crippen LogP contribution in [0.15, 0.2) is 17.0 Å². The van der Waals surface area contributed by atoms with Crippen molar-refractivity contribution in [1.82, 2.24) is 4.72 Å². The third-order valence-corrected chi connectivity index (χ3v) is 5.41. The lowest BCUT2D eigenvalue weighted by Crippen LogP contribution is -2.36. The van der Waals surface area contributed by atoms with Crippen LogP contribution in [-0.2, 0) is 10.0 Å². The van der Waals surface area contributed by atoms with E-state index in [0.29, 0.717) is 16.1 Å². The number of aryl methyl sites for hydroxylation is 1. The molecule has 0 bridgehead atoms. The number of nitrogens with two attached hydrogens (primary N) is 1. The Morgan fingerprint density at radius 2 is 1.79 bits per heavy atom. The minimum atomic E-state index is -3.47. The van der Waals surface area contributed by atoms with Crippen molar-refractivity contribution >= 4 is 15.7 Å². The van der Waals surface area contributed by atoms with Crippen LogP contribution in [0.2, 0.25) is 0 Å². The number of benzene rings is 1. The fourth-order valence-corrected chi connectivity index (χ4v) is 4.30. The Hall–Kier alpha value is -1.07. The van der Waals surface area contributed by atoms with Gasteiger partial charge in [-0.25, -0.2) is 13.1 Å². The number of rotatable bonds is 3. The Kier molecular flexibility index (Phi) is 4.16. The summed E-state index contributed by atoms with van der Waals surface area (Å²) < 4.78 is 27.7. The Morgan fingerprint density at radius 3 is 2.42 bits per heavy atom. The molecule has 0 atom stereocenters. The minimum Gasteiger partial charge on any atom is -0.398 e. The summed E-state index contributed by atoms with van der Waals surface area (Å²) in [6.45, 7) is 3.61. The molecule has 19 heavy (non-hydrogen) atoms. The maximum absolute atomic E-state index is 12.5. The molecule has 5 heteroatoms. The van der Waals surface area contributed by atoms with Crippen LogP contribution < -0.4 is 10.5 Å². The second kappa shape index (κ2) is 5.51. The first-order valence-corrected chi connectivity index (χ1v) is 8.27. The zero-order valence-electron chi connectivity index (χ0n) is 11.6. The van der Waals surface area contributed by atoms with E-state index in [1.165, 1.54) is 6.42 Å². The van der Waals surface area contributed by atoms with Crippen LogP contribution in [0.25, 0.3) is 0 Å². The highest BCUT2D eigenvalue weighted by Gasteiger charge is 2.24. The molecule has 1 aromatic carbocycles.